The standard InChI is InChI=1S/C22H22N2O5S/c1-26-15-5-6-17-20(12-15)30-22(23-17)24(13-16-3-2-8-27-16)21(25)14-4-7-18-19(11-14)29-10-9-28-18/h4-7,11-12,16H,2-3,8-10,13H2,1H3. The first-order valence-corrected chi connectivity index (χ1v) is 10.8. The van der Waals surface area contributed by atoms with Gasteiger partial charge in [0, 0.05) is 12.2 Å². The van der Waals surface area contributed by atoms with Gasteiger partial charge in [0.2, 0.25) is 0 Å². The topological polar surface area (TPSA) is 70.1 Å². The van der Waals surface area contributed by atoms with Crippen LogP contribution in [0.3, 0.4) is 0 Å². The van der Waals surface area contributed by atoms with E-state index in [1.807, 2.05) is 18.2 Å². The van der Waals surface area contributed by atoms with Crippen LogP contribution in [0.25, 0.3) is 10.2 Å². The Hall–Kier alpha value is -2.84. The summed E-state index contributed by atoms with van der Waals surface area (Å²) in [6, 6.07) is 11.0. The predicted octanol–water partition coefficient (Wildman–Crippen LogP) is 3.90. The molecule has 5 rings (SSSR count). The van der Waals surface area contributed by atoms with Crippen molar-refractivity contribution in [3.8, 4) is 17.2 Å². The predicted molar refractivity (Wildman–Crippen MR) is 114 cm³/mol. The third-order valence-corrected chi connectivity index (χ3v) is 6.30. The maximum absolute atomic E-state index is 13.5. The molecule has 0 radical (unpaired) electrons. The number of amides is 1. The number of thiazole rings is 1. The molecular weight excluding hydrogens is 404 g/mol. The number of aromatic nitrogens is 1. The van der Waals surface area contributed by atoms with Gasteiger partial charge in [-0.2, -0.15) is 0 Å². The van der Waals surface area contributed by atoms with Crippen LogP contribution < -0.4 is 19.1 Å². The van der Waals surface area contributed by atoms with Crippen molar-refractivity contribution in [2.24, 2.45) is 0 Å². The van der Waals surface area contributed by atoms with Crippen LogP contribution in [-0.4, -0.2) is 50.5 Å². The van der Waals surface area contributed by atoms with Crippen molar-refractivity contribution >= 4 is 32.6 Å². The molecule has 2 aliphatic rings. The minimum Gasteiger partial charge on any atom is -0.497 e. The Balaban J connectivity index is 1.50. The summed E-state index contributed by atoms with van der Waals surface area (Å²) in [6.07, 6.45) is 1.95. The van der Waals surface area contributed by atoms with Gasteiger partial charge < -0.3 is 18.9 Å². The average Bonchev–Trinajstić information content (AvgIpc) is 3.45. The molecule has 2 aromatic carbocycles. The SMILES string of the molecule is COc1ccc2nc(N(CC3CCCO3)C(=O)c3ccc4c(c3)OCCO4)sc2c1. The number of anilines is 1. The summed E-state index contributed by atoms with van der Waals surface area (Å²) >= 11 is 1.47. The van der Waals surface area contributed by atoms with Gasteiger partial charge in [-0.1, -0.05) is 11.3 Å². The molecule has 1 fully saturated rings. The van der Waals surface area contributed by atoms with Crippen LogP contribution >= 0.6 is 11.3 Å². The molecular formula is C22H22N2O5S. The molecule has 30 heavy (non-hydrogen) atoms. The quantitative estimate of drug-likeness (QED) is 0.616. The summed E-state index contributed by atoms with van der Waals surface area (Å²) in [4.78, 5) is 20.0. The van der Waals surface area contributed by atoms with Crippen molar-refractivity contribution in [1.29, 1.82) is 0 Å². The number of rotatable bonds is 5. The average molecular weight is 426 g/mol. The Bertz CT molecular complexity index is 1080. The fraction of sp³-hybridized carbons (Fsp3) is 0.364. The van der Waals surface area contributed by atoms with E-state index in [1.165, 1.54) is 11.3 Å². The molecule has 3 aromatic rings. The molecule has 1 amide bonds. The second-order valence-electron chi connectivity index (χ2n) is 7.24. The number of ether oxygens (including phenoxy) is 4. The number of fused-ring (bicyclic) bond motifs is 2. The molecule has 0 aliphatic carbocycles. The Labute approximate surface area is 178 Å². The molecule has 0 saturated carbocycles. The van der Waals surface area contributed by atoms with E-state index in [2.05, 4.69) is 0 Å². The highest BCUT2D eigenvalue weighted by Gasteiger charge is 2.28. The summed E-state index contributed by atoms with van der Waals surface area (Å²) in [7, 11) is 1.64. The van der Waals surface area contributed by atoms with Gasteiger partial charge in [-0.25, -0.2) is 4.98 Å². The fourth-order valence-corrected chi connectivity index (χ4v) is 4.71. The molecule has 7 nitrogen and oxygen atoms in total. The van der Waals surface area contributed by atoms with Crippen LogP contribution in [0.5, 0.6) is 17.2 Å². The minimum atomic E-state index is -0.131. The Kier molecular flexibility index (Phi) is 5.18. The van der Waals surface area contributed by atoms with Crippen LogP contribution in [0.4, 0.5) is 5.13 Å². The summed E-state index contributed by atoms with van der Waals surface area (Å²) in [6.45, 7) is 2.18. The van der Waals surface area contributed by atoms with Crippen molar-refractivity contribution in [3.05, 3.63) is 42.0 Å². The third kappa shape index (κ3) is 3.68. The van der Waals surface area contributed by atoms with Crippen molar-refractivity contribution in [1.82, 2.24) is 4.98 Å². The van der Waals surface area contributed by atoms with Gasteiger partial charge in [-0.15, -0.1) is 0 Å². The zero-order chi connectivity index (χ0) is 20.5. The largest absolute Gasteiger partial charge is 0.497 e. The number of carbonyl (C=O) groups excluding carboxylic acids is 1. The minimum absolute atomic E-state index is 0.00714. The van der Waals surface area contributed by atoms with Crippen LogP contribution in [0.15, 0.2) is 36.4 Å². The monoisotopic (exact) mass is 426 g/mol. The van der Waals surface area contributed by atoms with Gasteiger partial charge in [-0.3, -0.25) is 9.69 Å². The first kappa shape index (κ1) is 19.1. The molecule has 0 spiro atoms. The van der Waals surface area contributed by atoms with Crippen molar-refractivity contribution < 1.29 is 23.7 Å². The lowest BCUT2D eigenvalue weighted by atomic mass is 10.1. The van der Waals surface area contributed by atoms with Gasteiger partial charge >= 0.3 is 0 Å². The van der Waals surface area contributed by atoms with E-state index in [9.17, 15) is 4.79 Å². The van der Waals surface area contributed by atoms with Gasteiger partial charge in [-0.05, 0) is 49.2 Å². The Morgan fingerprint density at radius 3 is 2.83 bits per heavy atom. The zero-order valence-electron chi connectivity index (χ0n) is 16.6. The summed E-state index contributed by atoms with van der Waals surface area (Å²) < 4.78 is 23.3. The maximum Gasteiger partial charge on any atom is 0.260 e. The van der Waals surface area contributed by atoms with Crippen LogP contribution in [0.2, 0.25) is 0 Å². The number of benzene rings is 2. The van der Waals surface area contributed by atoms with E-state index in [-0.39, 0.29) is 12.0 Å². The molecule has 1 aromatic heterocycles. The molecule has 3 heterocycles. The molecule has 1 saturated heterocycles. The van der Waals surface area contributed by atoms with Crippen LogP contribution in [0.1, 0.15) is 23.2 Å². The van der Waals surface area contributed by atoms with E-state index in [0.29, 0.717) is 42.0 Å². The Morgan fingerprint density at radius 1 is 1.17 bits per heavy atom. The van der Waals surface area contributed by atoms with E-state index in [4.69, 9.17) is 23.9 Å². The van der Waals surface area contributed by atoms with Gasteiger partial charge in [0.15, 0.2) is 16.6 Å². The molecule has 1 atom stereocenters. The Morgan fingerprint density at radius 2 is 2.03 bits per heavy atom. The second-order valence-corrected chi connectivity index (χ2v) is 8.25. The molecule has 1 unspecified atom stereocenters. The number of hydrogen-bond acceptors (Lipinski definition) is 7. The molecule has 156 valence electrons. The molecule has 2 aliphatic heterocycles. The van der Waals surface area contributed by atoms with Gasteiger partial charge in [0.1, 0.15) is 19.0 Å². The van der Waals surface area contributed by atoms with E-state index >= 15 is 0 Å². The van der Waals surface area contributed by atoms with Crippen molar-refractivity contribution in [2.75, 3.05) is 38.4 Å². The summed E-state index contributed by atoms with van der Waals surface area (Å²) in [5.41, 5.74) is 1.37. The smallest absolute Gasteiger partial charge is 0.260 e. The number of nitrogens with zero attached hydrogens (tertiary/aromatic N) is 2. The first-order chi connectivity index (χ1) is 14.7. The van der Waals surface area contributed by atoms with E-state index in [0.717, 1.165) is 35.4 Å². The normalized spacial score (nSPS) is 17.8. The lowest BCUT2D eigenvalue weighted by molar-refractivity contribution is 0.0916. The highest BCUT2D eigenvalue weighted by molar-refractivity contribution is 7.22. The first-order valence-electron chi connectivity index (χ1n) is 9.99. The molecule has 0 bridgehead atoms. The lowest BCUT2D eigenvalue weighted by Gasteiger charge is -2.24. The second kappa shape index (κ2) is 8.12. The number of methoxy groups -OCH3 is 1. The van der Waals surface area contributed by atoms with Crippen LogP contribution in [-0.2, 0) is 4.74 Å². The van der Waals surface area contributed by atoms with Gasteiger partial charge in [0.05, 0.1) is 30.0 Å². The van der Waals surface area contributed by atoms with Crippen LogP contribution in [0, 0.1) is 0 Å². The van der Waals surface area contributed by atoms with E-state index < -0.39 is 0 Å². The van der Waals surface area contributed by atoms with Crippen molar-refractivity contribution in [2.45, 2.75) is 18.9 Å². The molecule has 0 N–H and O–H groups in total. The number of carbonyl (C=O) groups is 1. The third-order valence-electron chi connectivity index (χ3n) is 5.26. The van der Waals surface area contributed by atoms with E-state index in [1.54, 1.807) is 30.2 Å². The highest BCUT2D eigenvalue weighted by atomic mass is 32.1. The summed E-state index contributed by atoms with van der Waals surface area (Å²) in [5, 5.41) is 0.647. The molecule has 8 heteroatoms. The highest BCUT2D eigenvalue weighted by Crippen LogP contribution is 2.35. The fourth-order valence-electron chi connectivity index (χ4n) is 3.71. The zero-order valence-corrected chi connectivity index (χ0v) is 17.4. The number of hydrogen-bond donors (Lipinski definition) is 0. The lowest BCUT2D eigenvalue weighted by Crippen LogP contribution is -2.37. The van der Waals surface area contributed by atoms with Crippen molar-refractivity contribution in [3.63, 3.8) is 0 Å². The maximum atomic E-state index is 13.5. The van der Waals surface area contributed by atoms with Gasteiger partial charge in [0.25, 0.3) is 5.91 Å². The summed E-state index contributed by atoms with van der Waals surface area (Å²) in [5.74, 6) is 1.89.